The van der Waals surface area contributed by atoms with Gasteiger partial charge in [0, 0.05) is 12.6 Å². The molecule has 2 atom stereocenters. The molecule has 4 heteroatoms. The number of aliphatic hydroxyl groups excluding tert-OH is 1. The molecule has 0 heterocycles. The summed E-state index contributed by atoms with van der Waals surface area (Å²) in [5.41, 5.74) is 9.07. The molecular weight excluding hydrogens is 228 g/mol. The molecule has 0 saturated heterocycles. The second-order valence-electron chi connectivity index (χ2n) is 4.93. The van der Waals surface area contributed by atoms with Gasteiger partial charge in [0.15, 0.2) is 0 Å². The van der Waals surface area contributed by atoms with Gasteiger partial charge in [-0.2, -0.15) is 0 Å². The normalized spacial score (nSPS) is 17.2. The van der Waals surface area contributed by atoms with Crippen molar-refractivity contribution in [3.8, 4) is 0 Å². The second kappa shape index (κ2) is 5.50. The largest absolute Gasteiger partial charge is 0.382 e. The molecule has 1 aromatic carbocycles. The molecule has 0 bridgehead atoms. The van der Waals surface area contributed by atoms with Gasteiger partial charge in [-0.25, -0.2) is 0 Å². The zero-order valence-corrected chi connectivity index (χ0v) is 10.6. The molecule has 1 amide bonds. The van der Waals surface area contributed by atoms with Crippen LogP contribution in [0.4, 0.5) is 0 Å². The Bertz CT molecular complexity index is 445. The molecule has 18 heavy (non-hydrogen) atoms. The molecule has 0 fully saturated rings. The monoisotopic (exact) mass is 248 g/mol. The van der Waals surface area contributed by atoms with Crippen LogP contribution in [-0.4, -0.2) is 23.7 Å². The third-order valence-corrected chi connectivity index (χ3v) is 3.57. The van der Waals surface area contributed by atoms with Crippen molar-refractivity contribution in [2.45, 2.75) is 38.3 Å². The first-order valence-corrected chi connectivity index (χ1v) is 6.40. The summed E-state index contributed by atoms with van der Waals surface area (Å²) in [5.74, 6) is -0.691. The number of nitrogens with one attached hydrogen (secondary N) is 1. The van der Waals surface area contributed by atoms with Crippen molar-refractivity contribution in [3.05, 3.63) is 34.9 Å². The predicted octanol–water partition coefficient (Wildman–Crippen LogP) is 0.672. The van der Waals surface area contributed by atoms with Crippen LogP contribution in [0.3, 0.4) is 0 Å². The lowest BCUT2D eigenvalue weighted by Gasteiger charge is -2.17. The fraction of sp³-hybridized carbons (Fsp3) is 0.500. The summed E-state index contributed by atoms with van der Waals surface area (Å²) in [5, 5.41) is 12.5. The Morgan fingerprint density at radius 2 is 2.17 bits per heavy atom. The van der Waals surface area contributed by atoms with E-state index in [-0.39, 0.29) is 12.6 Å². The topological polar surface area (TPSA) is 75.3 Å². The maximum absolute atomic E-state index is 10.7. The van der Waals surface area contributed by atoms with Gasteiger partial charge < -0.3 is 16.2 Å². The van der Waals surface area contributed by atoms with Crippen molar-refractivity contribution in [1.29, 1.82) is 0 Å². The Morgan fingerprint density at radius 3 is 2.89 bits per heavy atom. The smallest absolute Gasteiger partial charge is 0.247 e. The Balaban J connectivity index is 1.97. The van der Waals surface area contributed by atoms with Crippen molar-refractivity contribution in [1.82, 2.24) is 5.32 Å². The molecule has 0 saturated carbocycles. The number of benzene rings is 1. The summed E-state index contributed by atoms with van der Waals surface area (Å²) in [4.78, 5) is 10.7. The average molecular weight is 248 g/mol. The fourth-order valence-corrected chi connectivity index (χ4v) is 2.37. The van der Waals surface area contributed by atoms with Gasteiger partial charge in [0.05, 0.1) is 0 Å². The van der Waals surface area contributed by atoms with E-state index in [0.29, 0.717) is 0 Å². The van der Waals surface area contributed by atoms with Gasteiger partial charge in [0.1, 0.15) is 6.10 Å². The molecule has 0 aromatic heterocycles. The third-order valence-electron chi connectivity index (χ3n) is 3.57. The van der Waals surface area contributed by atoms with Crippen LogP contribution >= 0.6 is 0 Å². The molecular formula is C14H20N2O2. The number of rotatable bonds is 5. The van der Waals surface area contributed by atoms with Crippen LogP contribution in [0.1, 0.15) is 36.1 Å². The maximum atomic E-state index is 10.7. The molecule has 0 spiro atoms. The van der Waals surface area contributed by atoms with Gasteiger partial charge in [-0.15, -0.1) is 0 Å². The van der Waals surface area contributed by atoms with Crippen molar-refractivity contribution >= 4 is 5.91 Å². The highest BCUT2D eigenvalue weighted by atomic mass is 16.3. The van der Waals surface area contributed by atoms with Crippen LogP contribution in [0.25, 0.3) is 0 Å². The zero-order valence-electron chi connectivity index (χ0n) is 10.6. The first-order chi connectivity index (χ1) is 8.58. The number of fused-ring (bicyclic) bond motifs is 1. The molecule has 1 aromatic rings. The highest BCUT2D eigenvalue weighted by Crippen LogP contribution is 2.25. The van der Waals surface area contributed by atoms with Crippen LogP contribution in [0.2, 0.25) is 0 Å². The second-order valence-corrected chi connectivity index (χ2v) is 4.93. The number of primary amides is 1. The minimum Gasteiger partial charge on any atom is -0.382 e. The van der Waals surface area contributed by atoms with Crippen molar-refractivity contribution in [2.24, 2.45) is 5.73 Å². The lowest BCUT2D eigenvalue weighted by atomic mass is 10.0. The fourth-order valence-electron chi connectivity index (χ4n) is 2.37. The standard InChI is InChI=1S/C14H20N2O2/c1-9(16-8-13(17)14(15)18)11-6-5-10-3-2-4-12(10)7-11/h5-7,9,13,16-17H,2-4,8H2,1H3,(H2,15,18). The van der Waals surface area contributed by atoms with Gasteiger partial charge in [-0.05, 0) is 42.9 Å². The summed E-state index contributed by atoms with van der Waals surface area (Å²) in [6, 6.07) is 6.61. The van der Waals surface area contributed by atoms with E-state index < -0.39 is 12.0 Å². The molecule has 4 N–H and O–H groups in total. The van der Waals surface area contributed by atoms with Gasteiger partial charge >= 0.3 is 0 Å². The quantitative estimate of drug-likeness (QED) is 0.717. The van der Waals surface area contributed by atoms with Crippen LogP contribution in [0, 0.1) is 0 Å². The van der Waals surface area contributed by atoms with Gasteiger partial charge in [-0.3, -0.25) is 4.79 Å². The van der Waals surface area contributed by atoms with Gasteiger partial charge in [-0.1, -0.05) is 18.2 Å². The summed E-state index contributed by atoms with van der Waals surface area (Å²) in [7, 11) is 0. The number of hydrogen-bond acceptors (Lipinski definition) is 3. The van der Waals surface area contributed by atoms with E-state index >= 15 is 0 Å². The van der Waals surface area contributed by atoms with E-state index in [1.165, 1.54) is 29.5 Å². The molecule has 1 aliphatic rings. The molecule has 1 aliphatic carbocycles. The molecule has 2 unspecified atom stereocenters. The Morgan fingerprint density at radius 1 is 1.44 bits per heavy atom. The molecule has 0 aliphatic heterocycles. The Hall–Kier alpha value is -1.39. The molecule has 0 radical (unpaired) electrons. The highest BCUT2D eigenvalue weighted by molar-refractivity contribution is 5.78. The number of nitrogens with two attached hydrogens (primary N) is 1. The minimum absolute atomic E-state index is 0.102. The molecule has 4 nitrogen and oxygen atoms in total. The predicted molar refractivity (Wildman–Crippen MR) is 70.1 cm³/mol. The summed E-state index contributed by atoms with van der Waals surface area (Å²) in [6.45, 7) is 2.21. The van der Waals surface area contributed by atoms with Crippen LogP contribution in [0.15, 0.2) is 18.2 Å². The Labute approximate surface area is 107 Å². The van der Waals surface area contributed by atoms with E-state index in [1.54, 1.807) is 0 Å². The number of carbonyl (C=O) groups excluding carboxylic acids is 1. The van der Waals surface area contributed by atoms with Crippen molar-refractivity contribution < 1.29 is 9.90 Å². The maximum Gasteiger partial charge on any atom is 0.247 e. The van der Waals surface area contributed by atoms with E-state index in [0.717, 1.165) is 6.42 Å². The average Bonchev–Trinajstić information content (AvgIpc) is 2.82. The van der Waals surface area contributed by atoms with E-state index in [2.05, 4.69) is 23.5 Å². The third kappa shape index (κ3) is 2.89. The molecule has 2 rings (SSSR count). The first-order valence-electron chi connectivity index (χ1n) is 6.40. The first kappa shape index (κ1) is 13.1. The summed E-state index contributed by atoms with van der Waals surface area (Å²) < 4.78 is 0. The number of aliphatic hydroxyl groups is 1. The number of carbonyl (C=O) groups is 1. The van der Waals surface area contributed by atoms with Crippen LogP contribution in [-0.2, 0) is 17.6 Å². The lowest BCUT2D eigenvalue weighted by molar-refractivity contribution is -0.125. The molecule has 98 valence electrons. The summed E-state index contributed by atoms with van der Waals surface area (Å²) >= 11 is 0. The highest BCUT2D eigenvalue weighted by Gasteiger charge is 2.15. The summed E-state index contributed by atoms with van der Waals surface area (Å²) in [6.07, 6.45) is 2.44. The van der Waals surface area contributed by atoms with Crippen molar-refractivity contribution in [3.63, 3.8) is 0 Å². The van der Waals surface area contributed by atoms with Gasteiger partial charge in [0.2, 0.25) is 5.91 Å². The Kier molecular flexibility index (Phi) is 3.99. The number of hydrogen-bond donors (Lipinski definition) is 3. The van der Waals surface area contributed by atoms with E-state index in [9.17, 15) is 9.90 Å². The van der Waals surface area contributed by atoms with Crippen LogP contribution in [0.5, 0.6) is 0 Å². The SMILES string of the molecule is CC(NCC(O)C(N)=O)c1ccc2c(c1)CCC2. The zero-order chi connectivity index (χ0) is 13.1. The van der Waals surface area contributed by atoms with E-state index in [1.807, 2.05) is 6.92 Å². The minimum atomic E-state index is -1.12. The van der Waals surface area contributed by atoms with Crippen LogP contribution < -0.4 is 11.1 Å². The van der Waals surface area contributed by atoms with Gasteiger partial charge in [0.25, 0.3) is 0 Å². The lowest BCUT2D eigenvalue weighted by Crippen LogP contribution is -2.38. The number of amides is 1. The van der Waals surface area contributed by atoms with Crippen molar-refractivity contribution in [2.75, 3.05) is 6.54 Å². The number of aryl methyl sites for hydroxylation is 2. The van der Waals surface area contributed by atoms with E-state index in [4.69, 9.17) is 5.73 Å².